The van der Waals surface area contributed by atoms with Crippen LogP contribution in [0.1, 0.15) is 38.2 Å². The molecule has 1 aliphatic heterocycles. The number of carbonyl (C=O) groups is 2. The Balaban J connectivity index is 1.89. The Morgan fingerprint density at radius 2 is 2.04 bits per heavy atom. The Hall–Kier alpha value is -1.92. The second kappa shape index (κ2) is 9.53. The molecular formula is C19H29N3O3. The predicted molar refractivity (Wildman–Crippen MR) is 98.6 cm³/mol. The van der Waals surface area contributed by atoms with Crippen molar-refractivity contribution >= 4 is 17.5 Å². The lowest BCUT2D eigenvalue weighted by atomic mass is 10.0. The largest absolute Gasteiger partial charge is 0.383 e. The van der Waals surface area contributed by atoms with E-state index in [0.717, 1.165) is 38.0 Å². The molecule has 1 aromatic carbocycles. The Morgan fingerprint density at radius 1 is 1.28 bits per heavy atom. The number of nitrogens with one attached hydrogen (secondary N) is 2. The van der Waals surface area contributed by atoms with Crippen molar-refractivity contribution in [3.63, 3.8) is 0 Å². The standard InChI is InChI=1S/C19H29N3O3/c1-14(2)16-8-4-5-9-17(16)21-19(24)18(23)20-15-7-6-10-22(13-15)11-12-25-3/h4-5,8-9,14-15H,6-7,10-13H2,1-3H3,(H,20,23)(H,21,24)/t15-/m1/s1. The van der Waals surface area contributed by atoms with E-state index in [1.807, 2.05) is 24.3 Å². The van der Waals surface area contributed by atoms with Crippen molar-refractivity contribution in [1.82, 2.24) is 10.2 Å². The van der Waals surface area contributed by atoms with Gasteiger partial charge in [0, 0.05) is 31.9 Å². The van der Waals surface area contributed by atoms with Crippen molar-refractivity contribution in [1.29, 1.82) is 0 Å². The van der Waals surface area contributed by atoms with Gasteiger partial charge in [0.1, 0.15) is 0 Å². The number of piperidine rings is 1. The molecule has 1 atom stereocenters. The zero-order valence-electron chi connectivity index (χ0n) is 15.4. The van der Waals surface area contributed by atoms with E-state index in [-0.39, 0.29) is 12.0 Å². The Morgan fingerprint density at radius 3 is 2.76 bits per heavy atom. The second-order valence-corrected chi connectivity index (χ2v) is 6.80. The van der Waals surface area contributed by atoms with Gasteiger partial charge in [0.2, 0.25) is 0 Å². The summed E-state index contributed by atoms with van der Waals surface area (Å²) in [5.74, 6) is -0.911. The summed E-state index contributed by atoms with van der Waals surface area (Å²) >= 11 is 0. The molecule has 25 heavy (non-hydrogen) atoms. The molecule has 6 nitrogen and oxygen atoms in total. The van der Waals surface area contributed by atoms with E-state index in [9.17, 15) is 9.59 Å². The van der Waals surface area contributed by atoms with Gasteiger partial charge in [0.05, 0.1) is 6.61 Å². The fourth-order valence-electron chi connectivity index (χ4n) is 3.14. The van der Waals surface area contributed by atoms with Crippen molar-refractivity contribution in [3.05, 3.63) is 29.8 Å². The van der Waals surface area contributed by atoms with Gasteiger partial charge in [0.15, 0.2) is 0 Å². The number of nitrogens with zero attached hydrogens (tertiary/aromatic N) is 1. The first kappa shape index (κ1) is 19.4. The molecule has 0 spiro atoms. The summed E-state index contributed by atoms with van der Waals surface area (Å²) in [4.78, 5) is 26.8. The Kier molecular flexibility index (Phi) is 7.40. The first-order valence-corrected chi connectivity index (χ1v) is 8.93. The number of likely N-dealkylation sites (tertiary alicyclic amines) is 1. The van der Waals surface area contributed by atoms with Crippen molar-refractivity contribution in [2.75, 3.05) is 38.7 Å². The highest BCUT2D eigenvalue weighted by atomic mass is 16.5. The molecule has 2 rings (SSSR count). The fraction of sp³-hybridized carbons (Fsp3) is 0.579. The number of methoxy groups -OCH3 is 1. The van der Waals surface area contributed by atoms with Crippen LogP contribution in [0.5, 0.6) is 0 Å². The van der Waals surface area contributed by atoms with Gasteiger partial charge in [-0.25, -0.2) is 0 Å². The van der Waals surface area contributed by atoms with E-state index in [4.69, 9.17) is 4.74 Å². The van der Waals surface area contributed by atoms with E-state index in [2.05, 4.69) is 29.4 Å². The third-order valence-electron chi connectivity index (χ3n) is 4.49. The predicted octanol–water partition coefficient (Wildman–Crippen LogP) is 1.98. The molecule has 0 bridgehead atoms. The lowest BCUT2D eigenvalue weighted by Crippen LogP contribution is -2.50. The van der Waals surface area contributed by atoms with E-state index >= 15 is 0 Å². The average Bonchev–Trinajstić information content (AvgIpc) is 2.60. The highest BCUT2D eigenvalue weighted by Crippen LogP contribution is 2.23. The van der Waals surface area contributed by atoms with E-state index in [0.29, 0.717) is 12.3 Å². The Bertz CT molecular complexity index is 589. The normalized spacial score (nSPS) is 18.2. The van der Waals surface area contributed by atoms with Crippen LogP contribution >= 0.6 is 0 Å². The second-order valence-electron chi connectivity index (χ2n) is 6.80. The van der Waals surface area contributed by atoms with Gasteiger partial charge < -0.3 is 15.4 Å². The molecule has 0 aliphatic carbocycles. The number of benzene rings is 1. The minimum atomic E-state index is -0.609. The maximum Gasteiger partial charge on any atom is 0.313 e. The molecule has 1 heterocycles. The van der Waals surface area contributed by atoms with Crippen molar-refractivity contribution in [3.8, 4) is 0 Å². The number of carbonyl (C=O) groups excluding carboxylic acids is 2. The third-order valence-corrected chi connectivity index (χ3v) is 4.49. The fourth-order valence-corrected chi connectivity index (χ4v) is 3.14. The van der Waals surface area contributed by atoms with Crippen LogP contribution in [0.2, 0.25) is 0 Å². The SMILES string of the molecule is COCCN1CCC[C@@H](NC(=O)C(=O)Nc2ccccc2C(C)C)C1. The molecule has 1 fully saturated rings. The molecule has 0 unspecified atom stereocenters. The molecule has 2 amide bonds. The van der Waals surface area contributed by atoms with Crippen LogP contribution in [-0.2, 0) is 14.3 Å². The third kappa shape index (κ3) is 5.83. The average molecular weight is 347 g/mol. The van der Waals surface area contributed by atoms with Gasteiger partial charge in [-0.05, 0) is 36.9 Å². The summed E-state index contributed by atoms with van der Waals surface area (Å²) in [6.45, 7) is 7.39. The number of ether oxygens (including phenoxy) is 1. The van der Waals surface area contributed by atoms with Gasteiger partial charge in [-0.3, -0.25) is 14.5 Å². The maximum absolute atomic E-state index is 12.3. The zero-order chi connectivity index (χ0) is 18.2. The molecule has 0 aromatic heterocycles. The molecule has 1 saturated heterocycles. The van der Waals surface area contributed by atoms with Crippen molar-refractivity contribution < 1.29 is 14.3 Å². The van der Waals surface area contributed by atoms with Gasteiger partial charge in [0.25, 0.3) is 0 Å². The van der Waals surface area contributed by atoms with Crippen LogP contribution in [0.15, 0.2) is 24.3 Å². The summed E-state index contributed by atoms with van der Waals surface area (Å²) in [5.41, 5.74) is 1.72. The smallest absolute Gasteiger partial charge is 0.313 e. The minimum Gasteiger partial charge on any atom is -0.383 e. The first-order valence-electron chi connectivity index (χ1n) is 8.93. The van der Waals surface area contributed by atoms with E-state index in [1.54, 1.807) is 7.11 Å². The molecule has 1 aliphatic rings. The summed E-state index contributed by atoms with van der Waals surface area (Å²) in [7, 11) is 1.68. The molecule has 6 heteroatoms. The summed E-state index contributed by atoms with van der Waals surface area (Å²) in [6, 6.07) is 7.58. The number of hydrogen-bond acceptors (Lipinski definition) is 4. The van der Waals surface area contributed by atoms with Crippen LogP contribution < -0.4 is 10.6 Å². The number of anilines is 1. The monoisotopic (exact) mass is 347 g/mol. The quantitative estimate of drug-likeness (QED) is 0.772. The molecule has 138 valence electrons. The van der Waals surface area contributed by atoms with Gasteiger partial charge in [-0.1, -0.05) is 32.0 Å². The van der Waals surface area contributed by atoms with Crippen LogP contribution in [0.3, 0.4) is 0 Å². The molecule has 1 aromatic rings. The van der Waals surface area contributed by atoms with Gasteiger partial charge in [-0.2, -0.15) is 0 Å². The molecule has 0 radical (unpaired) electrons. The lowest BCUT2D eigenvalue weighted by molar-refractivity contribution is -0.136. The number of para-hydroxylation sites is 1. The van der Waals surface area contributed by atoms with Gasteiger partial charge >= 0.3 is 11.8 Å². The minimum absolute atomic E-state index is 0.00389. The number of rotatable bonds is 6. The summed E-state index contributed by atoms with van der Waals surface area (Å²) in [6.07, 6.45) is 1.90. The van der Waals surface area contributed by atoms with Crippen LogP contribution in [0.25, 0.3) is 0 Å². The number of amides is 2. The van der Waals surface area contributed by atoms with Gasteiger partial charge in [-0.15, -0.1) is 0 Å². The lowest BCUT2D eigenvalue weighted by Gasteiger charge is -2.32. The number of hydrogen-bond donors (Lipinski definition) is 2. The molecule has 2 N–H and O–H groups in total. The van der Waals surface area contributed by atoms with Crippen molar-refractivity contribution in [2.24, 2.45) is 0 Å². The van der Waals surface area contributed by atoms with Crippen LogP contribution in [-0.4, -0.2) is 56.1 Å². The zero-order valence-corrected chi connectivity index (χ0v) is 15.4. The van der Waals surface area contributed by atoms with Crippen LogP contribution in [0.4, 0.5) is 5.69 Å². The molecule has 0 saturated carbocycles. The molecular weight excluding hydrogens is 318 g/mol. The summed E-state index contributed by atoms with van der Waals surface area (Å²) < 4.78 is 5.10. The maximum atomic E-state index is 12.3. The first-order chi connectivity index (χ1) is 12.0. The highest BCUT2D eigenvalue weighted by molar-refractivity contribution is 6.39. The Labute approximate surface area is 149 Å². The topological polar surface area (TPSA) is 70.7 Å². The van der Waals surface area contributed by atoms with Crippen molar-refractivity contribution in [2.45, 2.75) is 38.6 Å². The van der Waals surface area contributed by atoms with Crippen LogP contribution in [0, 0.1) is 0 Å². The summed E-state index contributed by atoms with van der Waals surface area (Å²) in [5, 5.41) is 5.60. The highest BCUT2D eigenvalue weighted by Gasteiger charge is 2.24. The van der Waals surface area contributed by atoms with E-state index < -0.39 is 11.8 Å². The van der Waals surface area contributed by atoms with E-state index in [1.165, 1.54) is 0 Å².